The second-order valence-corrected chi connectivity index (χ2v) is 8.54. The Morgan fingerprint density at radius 1 is 1.26 bits per heavy atom. The van der Waals surface area contributed by atoms with Gasteiger partial charge >= 0.3 is 0 Å². The first-order valence-electron chi connectivity index (χ1n) is 11.0. The largest absolute Gasteiger partial charge is 0.394 e. The van der Waals surface area contributed by atoms with Gasteiger partial charge in [-0.3, -0.25) is 0 Å². The third-order valence-corrected chi connectivity index (χ3v) is 6.45. The van der Waals surface area contributed by atoms with Gasteiger partial charge in [-0.25, -0.2) is 0 Å². The highest BCUT2D eigenvalue weighted by molar-refractivity contribution is 5.04. The maximum Gasteiger partial charge on any atom is 0.0936 e. The molecule has 0 aromatic heterocycles. The zero-order valence-corrected chi connectivity index (χ0v) is 17.2. The molecular weight excluding hydrogens is 340 g/mol. The van der Waals surface area contributed by atoms with Crippen molar-refractivity contribution in [2.24, 2.45) is 11.8 Å². The summed E-state index contributed by atoms with van der Waals surface area (Å²) in [5.74, 6) is 0.864. The van der Waals surface area contributed by atoms with Crippen LogP contribution in [0, 0.1) is 11.8 Å². The Labute approximate surface area is 165 Å². The fraction of sp³-hybridized carbons (Fsp3) is 0.826. The van der Waals surface area contributed by atoms with E-state index in [4.69, 9.17) is 4.74 Å². The predicted molar refractivity (Wildman–Crippen MR) is 109 cm³/mol. The van der Waals surface area contributed by atoms with E-state index in [9.17, 15) is 15.3 Å². The van der Waals surface area contributed by atoms with Gasteiger partial charge in [-0.15, -0.1) is 0 Å². The van der Waals surface area contributed by atoms with E-state index in [1.165, 1.54) is 0 Å². The van der Waals surface area contributed by atoms with Crippen LogP contribution in [0.3, 0.4) is 0 Å². The predicted octanol–water partition coefficient (Wildman–Crippen LogP) is 4.14. The second-order valence-electron chi connectivity index (χ2n) is 8.54. The van der Waals surface area contributed by atoms with E-state index in [0.717, 1.165) is 51.4 Å². The molecule has 4 heteroatoms. The number of hydrogen-bond donors (Lipinski definition) is 3. The van der Waals surface area contributed by atoms with Crippen LogP contribution in [-0.2, 0) is 4.74 Å². The van der Waals surface area contributed by atoms with Crippen LogP contribution >= 0.6 is 0 Å². The first kappa shape index (κ1) is 22.6. The van der Waals surface area contributed by atoms with Gasteiger partial charge in [0.2, 0.25) is 0 Å². The van der Waals surface area contributed by atoms with Gasteiger partial charge in [0.15, 0.2) is 0 Å². The third-order valence-electron chi connectivity index (χ3n) is 6.45. The molecule has 2 rings (SSSR count). The summed E-state index contributed by atoms with van der Waals surface area (Å²) in [6, 6.07) is 0. The molecule has 0 radical (unpaired) electrons. The molecule has 0 aromatic carbocycles. The molecule has 4 unspecified atom stereocenters. The Kier molecular flexibility index (Phi) is 9.51. The van der Waals surface area contributed by atoms with Gasteiger partial charge in [0.1, 0.15) is 0 Å². The highest BCUT2D eigenvalue weighted by atomic mass is 16.5. The van der Waals surface area contributed by atoms with Crippen molar-refractivity contribution in [3.63, 3.8) is 0 Å². The maximum absolute atomic E-state index is 10.8. The minimum Gasteiger partial charge on any atom is -0.394 e. The average Bonchev–Trinajstić information content (AvgIpc) is 3.04. The van der Waals surface area contributed by atoms with Crippen LogP contribution in [0.5, 0.6) is 0 Å². The van der Waals surface area contributed by atoms with Gasteiger partial charge in [-0.2, -0.15) is 0 Å². The molecule has 156 valence electrons. The summed E-state index contributed by atoms with van der Waals surface area (Å²) < 4.78 is 6.26. The first-order valence-corrected chi connectivity index (χ1v) is 11.0. The van der Waals surface area contributed by atoms with Crippen LogP contribution in [0.15, 0.2) is 24.3 Å². The lowest BCUT2D eigenvalue weighted by atomic mass is 9.86. The Bertz CT molecular complexity index is 473. The summed E-state index contributed by atoms with van der Waals surface area (Å²) in [5, 5.41) is 30.4. The SMILES string of the molecule is CCCCC(O)(CC=C[C@H]1CCC2OC(CO)CCCC=CC[C@@H]21)C(C)O. The van der Waals surface area contributed by atoms with Crippen LogP contribution in [0.2, 0.25) is 0 Å². The normalized spacial score (nSPS) is 32.9. The molecular formula is C23H40O4. The van der Waals surface area contributed by atoms with Crippen molar-refractivity contribution in [2.45, 2.75) is 102 Å². The molecule has 0 aromatic rings. The number of aliphatic hydroxyl groups excluding tert-OH is 2. The molecule has 2 aliphatic rings. The van der Waals surface area contributed by atoms with Crippen molar-refractivity contribution in [2.75, 3.05) is 6.61 Å². The molecule has 4 nitrogen and oxygen atoms in total. The van der Waals surface area contributed by atoms with E-state index in [0.29, 0.717) is 24.7 Å². The van der Waals surface area contributed by atoms with Crippen molar-refractivity contribution < 1.29 is 20.1 Å². The zero-order valence-electron chi connectivity index (χ0n) is 17.2. The van der Waals surface area contributed by atoms with Crippen LogP contribution in [0.25, 0.3) is 0 Å². The fourth-order valence-corrected chi connectivity index (χ4v) is 4.49. The van der Waals surface area contributed by atoms with Gasteiger partial charge < -0.3 is 20.1 Å². The molecule has 0 saturated heterocycles. The first-order chi connectivity index (χ1) is 13.0. The van der Waals surface area contributed by atoms with Crippen molar-refractivity contribution >= 4 is 0 Å². The van der Waals surface area contributed by atoms with Crippen LogP contribution < -0.4 is 0 Å². The van der Waals surface area contributed by atoms with Crippen molar-refractivity contribution in [3.8, 4) is 0 Å². The van der Waals surface area contributed by atoms with Crippen LogP contribution in [0.1, 0.15) is 78.1 Å². The average molecular weight is 381 g/mol. The van der Waals surface area contributed by atoms with Gasteiger partial charge in [0.05, 0.1) is 30.5 Å². The van der Waals surface area contributed by atoms with Gasteiger partial charge in [0.25, 0.3) is 0 Å². The summed E-state index contributed by atoms with van der Waals surface area (Å²) in [5.41, 5.74) is -1.03. The molecule has 3 N–H and O–H groups in total. The Hall–Kier alpha value is -0.680. The molecule has 1 aliphatic carbocycles. The minimum atomic E-state index is -1.03. The van der Waals surface area contributed by atoms with Crippen molar-refractivity contribution in [1.82, 2.24) is 0 Å². The topological polar surface area (TPSA) is 69.9 Å². The second kappa shape index (κ2) is 11.4. The number of aliphatic hydroxyl groups is 3. The monoisotopic (exact) mass is 380 g/mol. The summed E-state index contributed by atoms with van der Waals surface area (Å²) >= 11 is 0. The fourth-order valence-electron chi connectivity index (χ4n) is 4.49. The van der Waals surface area contributed by atoms with E-state index in [1.54, 1.807) is 6.92 Å². The van der Waals surface area contributed by atoms with Crippen LogP contribution in [0.4, 0.5) is 0 Å². The maximum atomic E-state index is 10.8. The lowest BCUT2D eigenvalue weighted by Gasteiger charge is -2.30. The number of fused-ring (bicyclic) bond motifs is 1. The summed E-state index contributed by atoms with van der Waals surface area (Å²) in [6.45, 7) is 3.89. The van der Waals surface area contributed by atoms with Gasteiger partial charge in [0, 0.05) is 0 Å². The standard InChI is InChI=1S/C23H40O4/c1-3-4-15-23(26,18(2)25)16-9-10-19-13-14-22-21(19)12-8-6-5-7-11-20(17-24)27-22/h6,8-10,18-22,24-26H,3-5,7,11-17H2,1-2H3/t18?,19-,20?,21+,22?,23?/m0/s1. The third kappa shape index (κ3) is 6.70. The molecule has 0 bridgehead atoms. The van der Waals surface area contributed by atoms with E-state index in [1.807, 2.05) is 0 Å². The summed E-state index contributed by atoms with van der Waals surface area (Å²) in [6.07, 6.45) is 17.5. The van der Waals surface area contributed by atoms with Crippen LogP contribution in [-0.4, -0.2) is 45.8 Å². The molecule has 1 heterocycles. The van der Waals surface area contributed by atoms with Crippen molar-refractivity contribution in [3.05, 3.63) is 24.3 Å². The summed E-state index contributed by atoms with van der Waals surface area (Å²) in [7, 11) is 0. The number of ether oxygens (including phenoxy) is 1. The minimum absolute atomic E-state index is 0.0406. The van der Waals surface area contributed by atoms with E-state index >= 15 is 0 Å². The van der Waals surface area contributed by atoms with Crippen molar-refractivity contribution in [1.29, 1.82) is 0 Å². The number of rotatable bonds is 8. The zero-order chi connectivity index (χ0) is 19.7. The Morgan fingerprint density at radius 2 is 2.07 bits per heavy atom. The smallest absolute Gasteiger partial charge is 0.0936 e. The highest BCUT2D eigenvalue weighted by Crippen LogP contribution is 2.39. The molecule has 6 atom stereocenters. The molecule has 1 saturated carbocycles. The number of hydrogen-bond acceptors (Lipinski definition) is 4. The quantitative estimate of drug-likeness (QED) is 0.554. The molecule has 27 heavy (non-hydrogen) atoms. The van der Waals surface area contributed by atoms with E-state index in [-0.39, 0.29) is 18.8 Å². The molecule has 0 spiro atoms. The summed E-state index contributed by atoms with van der Waals surface area (Å²) in [4.78, 5) is 0. The lowest BCUT2D eigenvalue weighted by Crippen LogP contribution is -2.40. The lowest BCUT2D eigenvalue weighted by molar-refractivity contribution is -0.0706. The highest BCUT2D eigenvalue weighted by Gasteiger charge is 2.36. The van der Waals surface area contributed by atoms with E-state index < -0.39 is 11.7 Å². The Morgan fingerprint density at radius 3 is 2.78 bits per heavy atom. The molecule has 1 fully saturated rings. The molecule has 0 amide bonds. The van der Waals surface area contributed by atoms with Gasteiger partial charge in [-0.05, 0) is 70.1 Å². The number of allylic oxidation sites excluding steroid dienone is 3. The van der Waals surface area contributed by atoms with E-state index in [2.05, 4.69) is 31.2 Å². The van der Waals surface area contributed by atoms with Gasteiger partial charge in [-0.1, -0.05) is 44.1 Å². The molecule has 1 aliphatic heterocycles. The number of unbranched alkanes of at least 4 members (excludes halogenated alkanes) is 1. The Balaban J connectivity index is 2.00.